The van der Waals surface area contributed by atoms with Crippen LogP contribution < -0.4 is 16.2 Å². The number of benzene rings is 2. The van der Waals surface area contributed by atoms with E-state index in [1.54, 1.807) is 0 Å². The van der Waals surface area contributed by atoms with Gasteiger partial charge < -0.3 is 10.3 Å². The van der Waals surface area contributed by atoms with Gasteiger partial charge in [-0.05, 0) is 46.9 Å². The third-order valence-electron chi connectivity index (χ3n) is 4.53. The lowest BCUT2D eigenvalue weighted by Crippen LogP contribution is -2.26. The monoisotopic (exact) mass is 309 g/mol. The standard InChI is InChI=1S/C19H11N5/c1-2-14-18-21-12-6-4-10(8-16(12)23-18)11-5-7-13-17(9-11)24-19(22-13)15(3-1)20-14/h1-9,20H,(H,21,23). The van der Waals surface area contributed by atoms with Crippen molar-refractivity contribution in [3.05, 3.63) is 81.6 Å². The third kappa shape index (κ3) is 1.55. The Morgan fingerprint density at radius 2 is 1.83 bits per heavy atom. The summed E-state index contributed by atoms with van der Waals surface area (Å²) in [6, 6.07) is 12.5. The summed E-state index contributed by atoms with van der Waals surface area (Å²) in [5.74, 6) is 0.702. The van der Waals surface area contributed by atoms with Crippen LogP contribution in [0.15, 0.2) is 70.3 Å². The molecule has 4 heterocycles. The maximum Gasteiger partial charge on any atom is 0.177 e. The topological polar surface area (TPSA) is 65.4 Å². The molecule has 0 saturated carbocycles. The zero-order chi connectivity index (χ0) is 15.7. The predicted octanol–water partition coefficient (Wildman–Crippen LogP) is 1.68. The Bertz CT molecular complexity index is 1370. The summed E-state index contributed by atoms with van der Waals surface area (Å²) in [6.07, 6.45) is 5.98. The molecule has 5 heteroatoms. The Kier molecular flexibility index (Phi) is 2.04. The van der Waals surface area contributed by atoms with Gasteiger partial charge in [-0.15, -0.1) is 0 Å². The van der Waals surface area contributed by atoms with Gasteiger partial charge in [-0.3, -0.25) is 0 Å². The van der Waals surface area contributed by atoms with Gasteiger partial charge in [0.25, 0.3) is 0 Å². The highest BCUT2D eigenvalue weighted by Gasteiger charge is 2.16. The minimum atomic E-state index is 0.702. The molecule has 8 bridgehead atoms. The molecule has 2 aromatic carbocycles. The van der Waals surface area contributed by atoms with Crippen molar-refractivity contribution in [1.29, 1.82) is 0 Å². The van der Waals surface area contributed by atoms with Gasteiger partial charge in [-0.25, -0.2) is 15.0 Å². The molecule has 0 atom stereocenters. The Morgan fingerprint density at radius 3 is 2.83 bits per heavy atom. The summed E-state index contributed by atoms with van der Waals surface area (Å²) in [4.78, 5) is 17.5. The maximum atomic E-state index is 4.70. The number of dihydropyridines is 1. The van der Waals surface area contributed by atoms with Crippen LogP contribution in [0.25, 0.3) is 16.7 Å². The Balaban J connectivity index is 1.88. The molecule has 5 nitrogen and oxygen atoms in total. The molecule has 3 aliphatic rings. The smallest absolute Gasteiger partial charge is 0.177 e. The summed E-state index contributed by atoms with van der Waals surface area (Å²) in [6.45, 7) is 0. The van der Waals surface area contributed by atoms with Crippen LogP contribution in [0, 0.1) is 10.4 Å². The number of fused-ring (bicyclic) bond motifs is 6. The highest BCUT2D eigenvalue weighted by molar-refractivity contribution is 6.03. The lowest BCUT2D eigenvalue weighted by atomic mass is 10.2. The molecule has 0 unspecified atom stereocenters. The third-order valence-corrected chi connectivity index (χ3v) is 4.53. The van der Waals surface area contributed by atoms with Gasteiger partial charge in [-0.1, -0.05) is 18.2 Å². The van der Waals surface area contributed by atoms with Crippen molar-refractivity contribution in [2.24, 2.45) is 9.98 Å². The van der Waals surface area contributed by atoms with Gasteiger partial charge in [0.05, 0.1) is 33.5 Å². The van der Waals surface area contributed by atoms with Crippen molar-refractivity contribution in [3.8, 4) is 0 Å². The second-order valence-corrected chi connectivity index (χ2v) is 6.05. The van der Waals surface area contributed by atoms with Gasteiger partial charge in [0, 0.05) is 0 Å². The number of imidazole rings is 1. The average molecular weight is 309 g/mol. The van der Waals surface area contributed by atoms with Crippen LogP contribution in [0.4, 0.5) is 5.69 Å². The van der Waals surface area contributed by atoms with Crippen LogP contribution in [-0.4, -0.2) is 15.8 Å². The SMILES string of the molecule is C1=CC2=c3nc4ccc(cc4[nH]3)=c3ccc4c(c3)N=C(N=4)C(=C1)N2. The number of nitrogens with one attached hydrogen (secondary N) is 2. The number of aliphatic imine (C=N–C) groups is 1. The van der Waals surface area contributed by atoms with E-state index in [0.29, 0.717) is 5.84 Å². The molecule has 3 aliphatic heterocycles. The average Bonchev–Trinajstić information content (AvgIpc) is 3.23. The van der Waals surface area contributed by atoms with Crippen LogP contribution >= 0.6 is 0 Å². The molecule has 0 saturated heterocycles. The first-order valence-corrected chi connectivity index (χ1v) is 7.81. The Hall–Kier alpha value is -3.47. The normalized spacial score (nSPS) is 16.4. The number of amidine groups is 1. The second kappa shape index (κ2) is 4.08. The van der Waals surface area contributed by atoms with Gasteiger partial charge >= 0.3 is 0 Å². The number of nitrogens with zero attached hydrogens (tertiary/aromatic N) is 3. The fourth-order valence-electron chi connectivity index (χ4n) is 3.32. The summed E-state index contributed by atoms with van der Waals surface area (Å²) in [7, 11) is 0. The minimum Gasteiger partial charge on any atom is -0.349 e. The first kappa shape index (κ1) is 12.0. The Labute approximate surface area is 135 Å². The van der Waals surface area contributed by atoms with Crippen molar-refractivity contribution < 1.29 is 0 Å². The molecule has 1 aromatic heterocycles. The first-order chi connectivity index (χ1) is 11.8. The molecule has 0 spiro atoms. The number of allylic oxidation sites excluding steroid dienone is 2. The number of aromatic amines is 1. The van der Waals surface area contributed by atoms with E-state index in [2.05, 4.69) is 39.6 Å². The molecule has 6 rings (SSSR count). The van der Waals surface area contributed by atoms with Crippen molar-refractivity contribution in [2.45, 2.75) is 0 Å². The zero-order valence-corrected chi connectivity index (χ0v) is 12.5. The van der Waals surface area contributed by atoms with Crippen molar-refractivity contribution in [3.63, 3.8) is 0 Å². The van der Waals surface area contributed by atoms with E-state index in [1.165, 1.54) is 0 Å². The minimum absolute atomic E-state index is 0.702. The van der Waals surface area contributed by atoms with Gasteiger partial charge in [0.15, 0.2) is 11.3 Å². The number of hydrogen-bond acceptors (Lipinski definition) is 4. The maximum absolute atomic E-state index is 4.70. The zero-order valence-electron chi connectivity index (χ0n) is 12.5. The van der Waals surface area contributed by atoms with E-state index in [4.69, 9.17) is 9.98 Å². The van der Waals surface area contributed by atoms with Crippen LogP contribution in [0.3, 0.4) is 0 Å². The Morgan fingerprint density at radius 1 is 0.917 bits per heavy atom. The lowest BCUT2D eigenvalue weighted by molar-refractivity contribution is 1.08. The highest BCUT2D eigenvalue weighted by atomic mass is 15.1. The molecule has 0 aliphatic carbocycles. The fourth-order valence-corrected chi connectivity index (χ4v) is 3.32. The molecule has 0 amide bonds. The van der Waals surface area contributed by atoms with Crippen molar-refractivity contribution >= 4 is 28.3 Å². The second-order valence-electron chi connectivity index (χ2n) is 6.05. The summed E-state index contributed by atoms with van der Waals surface area (Å²) < 4.78 is 0. The molecular formula is C19H11N5. The van der Waals surface area contributed by atoms with Crippen molar-refractivity contribution in [1.82, 2.24) is 15.3 Å². The number of rotatable bonds is 0. The molecule has 112 valence electrons. The summed E-state index contributed by atoms with van der Waals surface area (Å²) in [5, 5.41) is 6.56. The van der Waals surface area contributed by atoms with Crippen LogP contribution in [-0.2, 0) is 0 Å². The molecule has 24 heavy (non-hydrogen) atoms. The quantitative estimate of drug-likeness (QED) is 0.663. The van der Waals surface area contributed by atoms with E-state index in [-0.39, 0.29) is 0 Å². The molecular weight excluding hydrogens is 298 g/mol. The van der Waals surface area contributed by atoms with E-state index in [9.17, 15) is 0 Å². The van der Waals surface area contributed by atoms with Crippen molar-refractivity contribution in [2.75, 3.05) is 0 Å². The fraction of sp³-hybridized carbons (Fsp3) is 0. The molecule has 0 fully saturated rings. The van der Waals surface area contributed by atoms with E-state index >= 15 is 0 Å². The predicted molar refractivity (Wildman–Crippen MR) is 91.9 cm³/mol. The van der Waals surface area contributed by atoms with E-state index < -0.39 is 0 Å². The molecule has 0 radical (unpaired) electrons. The van der Waals surface area contributed by atoms with Crippen LogP contribution in [0.1, 0.15) is 0 Å². The van der Waals surface area contributed by atoms with Crippen LogP contribution in [0.2, 0.25) is 0 Å². The van der Waals surface area contributed by atoms with Crippen LogP contribution in [0.5, 0.6) is 0 Å². The van der Waals surface area contributed by atoms with Gasteiger partial charge in [0.2, 0.25) is 0 Å². The number of hydrogen-bond donors (Lipinski definition) is 2. The van der Waals surface area contributed by atoms with Gasteiger partial charge in [0.1, 0.15) is 0 Å². The highest BCUT2D eigenvalue weighted by Crippen LogP contribution is 2.18. The van der Waals surface area contributed by atoms with E-state index in [0.717, 1.165) is 49.4 Å². The summed E-state index contributed by atoms with van der Waals surface area (Å²) >= 11 is 0. The van der Waals surface area contributed by atoms with Gasteiger partial charge in [-0.2, -0.15) is 0 Å². The lowest BCUT2D eigenvalue weighted by Gasteiger charge is -2.12. The molecule has 2 N–H and O–H groups in total. The number of H-pyrrole nitrogens is 1. The number of aromatic nitrogens is 2. The molecule has 3 aromatic rings. The van der Waals surface area contributed by atoms with E-state index in [1.807, 2.05) is 30.4 Å². The first-order valence-electron chi connectivity index (χ1n) is 7.81. The summed E-state index contributed by atoms with van der Waals surface area (Å²) in [5.41, 5.74) is 5.49. The largest absolute Gasteiger partial charge is 0.349 e.